The lowest BCUT2D eigenvalue weighted by Gasteiger charge is -1.96. The monoisotopic (exact) mass is 296 g/mol. The van der Waals surface area contributed by atoms with Gasteiger partial charge in [0.25, 0.3) is 0 Å². The minimum atomic E-state index is -0.607. The second-order valence-electron chi connectivity index (χ2n) is 3.55. The number of nitro groups is 1. The van der Waals surface area contributed by atoms with Crippen molar-refractivity contribution in [3.8, 4) is 22.8 Å². The summed E-state index contributed by atoms with van der Waals surface area (Å²) >= 11 is 7.14. The molecule has 0 atom stereocenters. The lowest BCUT2D eigenvalue weighted by molar-refractivity contribution is -0.401. The summed E-state index contributed by atoms with van der Waals surface area (Å²) in [6, 6.07) is 6.21. The van der Waals surface area contributed by atoms with E-state index in [1.54, 1.807) is 12.1 Å². The summed E-state index contributed by atoms with van der Waals surface area (Å²) in [7, 11) is 0. The van der Waals surface area contributed by atoms with Crippen molar-refractivity contribution in [1.82, 2.24) is 4.37 Å². The highest BCUT2D eigenvalue weighted by Gasteiger charge is 2.23. The summed E-state index contributed by atoms with van der Waals surface area (Å²) in [5.74, 6) is 0.469. The average molecular weight is 297 g/mol. The summed E-state index contributed by atoms with van der Waals surface area (Å²) in [4.78, 5) is 10.0. The molecule has 0 fully saturated rings. The Bertz CT molecular complexity index is 732. The third kappa shape index (κ3) is 2.02. The summed E-state index contributed by atoms with van der Waals surface area (Å²) in [6.07, 6.45) is 1.51. The van der Waals surface area contributed by atoms with Gasteiger partial charge in [-0.2, -0.15) is 4.37 Å². The smallest absolute Gasteiger partial charge is 0.433 e. The Labute approximate surface area is 115 Å². The number of nitrogens with zero attached hydrogens (tertiary/aromatic N) is 2. The molecule has 3 rings (SSSR count). The molecule has 0 aliphatic carbocycles. The summed E-state index contributed by atoms with van der Waals surface area (Å²) < 4.78 is 15.0. The fourth-order valence-corrected chi connectivity index (χ4v) is 2.55. The number of hydrogen-bond donors (Lipinski definition) is 0. The van der Waals surface area contributed by atoms with Gasteiger partial charge in [0.05, 0.1) is 17.9 Å². The van der Waals surface area contributed by atoms with Crippen LogP contribution in [0.1, 0.15) is 0 Å². The van der Waals surface area contributed by atoms with Gasteiger partial charge in [-0.1, -0.05) is 11.6 Å². The first-order valence-electron chi connectivity index (χ1n) is 5.10. The molecule has 0 aromatic carbocycles. The molecule has 96 valence electrons. The van der Waals surface area contributed by atoms with Crippen LogP contribution in [0.5, 0.6) is 0 Å². The number of furan rings is 2. The van der Waals surface area contributed by atoms with E-state index in [0.717, 1.165) is 11.5 Å². The van der Waals surface area contributed by atoms with Crippen LogP contribution in [0.15, 0.2) is 39.4 Å². The van der Waals surface area contributed by atoms with E-state index in [1.165, 1.54) is 18.4 Å². The summed E-state index contributed by atoms with van der Waals surface area (Å²) in [5.41, 5.74) is 0.999. The van der Waals surface area contributed by atoms with Crippen molar-refractivity contribution in [3.05, 3.63) is 45.0 Å². The van der Waals surface area contributed by atoms with E-state index in [4.69, 9.17) is 20.4 Å². The average Bonchev–Trinajstić information content (AvgIpc) is 3.07. The van der Waals surface area contributed by atoms with Crippen molar-refractivity contribution in [2.24, 2.45) is 0 Å². The van der Waals surface area contributed by atoms with Gasteiger partial charge in [0.1, 0.15) is 20.7 Å². The first kappa shape index (κ1) is 11.9. The second kappa shape index (κ2) is 4.52. The molecule has 0 aliphatic heterocycles. The van der Waals surface area contributed by atoms with Crippen LogP contribution in [-0.4, -0.2) is 9.30 Å². The topological polar surface area (TPSA) is 82.3 Å². The maximum absolute atomic E-state index is 10.6. The molecule has 6 nitrogen and oxygen atoms in total. The van der Waals surface area contributed by atoms with Crippen LogP contribution >= 0.6 is 23.1 Å². The van der Waals surface area contributed by atoms with Crippen LogP contribution in [0.4, 0.5) is 5.88 Å². The Kier molecular flexibility index (Phi) is 2.84. The molecule has 8 heteroatoms. The van der Waals surface area contributed by atoms with Crippen molar-refractivity contribution in [2.75, 3.05) is 0 Å². The first-order valence-corrected chi connectivity index (χ1v) is 6.25. The quantitative estimate of drug-likeness (QED) is 0.533. The molecule has 0 radical (unpaired) electrons. The summed E-state index contributed by atoms with van der Waals surface area (Å²) in [6.45, 7) is 0. The van der Waals surface area contributed by atoms with E-state index in [2.05, 4.69) is 4.37 Å². The highest BCUT2D eigenvalue weighted by molar-refractivity contribution is 7.11. The largest absolute Gasteiger partial charge is 0.463 e. The number of halogens is 1. The van der Waals surface area contributed by atoms with E-state index in [9.17, 15) is 10.1 Å². The van der Waals surface area contributed by atoms with Crippen LogP contribution < -0.4 is 0 Å². The second-order valence-corrected chi connectivity index (χ2v) is 4.93. The van der Waals surface area contributed by atoms with Crippen LogP contribution in [0.3, 0.4) is 0 Å². The Balaban J connectivity index is 2.14. The molecule has 3 aromatic heterocycles. The lowest BCUT2D eigenvalue weighted by Crippen LogP contribution is -1.83. The van der Waals surface area contributed by atoms with Gasteiger partial charge < -0.3 is 8.83 Å². The molecular formula is C11H5ClN2O4S. The number of hydrogen-bond acceptors (Lipinski definition) is 6. The molecule has 0 unspecified atom stereocenters. The predicted octanol–water partition coefficient (Wildman–Crippen LogP) is 4.22. The first-order chi connectivity index (χ1) is 9.16. The molecule has 0 saturated heterocycles. The highest BCUT2D eigenvalue weighted by Crippen LogP contribution is 2.41. The van der Waals surface area contributed by atoms with Gasteiger partial charge in [0.15, 0.2) is 5.76 Å². The van der Waals surface area contributed by atoms with Crippen LogP contribution in [0.2, 0.25) is 4.34 Å². The molecule has 0 saturated carbocycles. The van der Waals surface area contributed by atoms with Crippen molar-refractivity contribution in [3.63, 3.8) is 0 Å². The highest BCUT2D eigenvalue weighted by atomic mass is 35.5. The fourth-order valence-electron chi connectivity index (χ4n) is 1.63. The SMILES string of the molecule is O=[N+]([O-])c1ccc(-c2c(-c3ccco3)nsc2Cl)o1. The molecule has 0 amide bonds. The Morgan fingerprint density at radius 3 is 2.79 bits per heavy atom. The predicted molar refractivity (Wildman–Crippen MR) is 69.2 cm³/mol. The molecule has 0 aliphatic rings. The maximum Gasteiger partial charge on any atom is 0.433 e. The van der Waals surface area contributed by atoms with Gasteiger partial charge in [-0.15, -0.1) is 0 Å². The Hall–Kier alpha value is -2.12. The molecule has 0 bridgehead atoms. The van der Waals surface area contributed by atoms with Gasteiger partial charge in [-0.25, -0.2) is 0 Å². The molecule has 3 heterocycles. The van der Waals surface area contributed by atoms with E-state index >= 15 is 0 Å². The lowest BCUT2D eigenvalue weighted by atomic mass is 10.1. The van der Waals surface area contributed by atoms with E-state index in [1.807, 2.05) is 0 Å². The molecule has 3 aromatic rings. The van der Waals surface area contributed by atoms with Crippen molar-refractivity contribution >= 4 is 29.0 Å². The molecular weight excluding hydrogens is 292 g/mol. The maximum atomic E-state index is 10.6. The zero-order valence-electron chi connectivity index (χ0n) is 9.20. The van der Waals surface area contributed by atoms with Gasteiger partial charge in [-0.05, 0) is 29.7 Å². The molecule has 19 heavy (non-hydrogen) atoms. The normalized spacial score (nSPS) is 10.8. The van der Waals surface area contributed by atoms with Crippen LogP contribution in [-0.2, 0) is 0 Å². The third-order valence-electron chi connectivity index (χ3n) is 2.42. The standard InChI is InChI=1S/C11H5ClN2O4S/c12-11-9(6-3-4-8(18-6)14(15)16)10(13-19-11)7-2-1-5-17-7/h1-5H. The van der Waals surface area contributed by atoms with Gasteiger partial charge in [0.2, 0.25) is 0 Å². The van der Waals surface area contributed by atoms with E-state index < -0.39 is 4.92 Å². The molecule has 0 spiro atoms. The Morgan fingerprint density at radius 2 is 2.16 bits per heavy atom. The number of rotatable bonds is 3. The van der Waals surface area contributed by atoms with Crippen molar-refractivity contribution in [2.45, 2.75) is 0 Å². The summed E-state index contributed by atoms with van der Waals surface area (Å²) in [5, 5.41) is 10.6. The van der Waals surface area contributed by atoms with E-state index in [0.29, 0.717) is 21.4 Å². The van der Waals surface area contributed by atoms with Crippen LogP contribution in [0.25, 0.3) is 22.8 Å². The number of aromatic nitrogens is 1. The van der Waals surface area contributed by atoms with Crippen molar-refractivity contribution in [1.29, 1.82) is 0 Å². The van der Waals surface area contributed by atoms with Gasteiger partial charge in [0, 0.05) is 0 Å². The minimum absolute atomic E-state index is 0.289. The van der Waals surface area contributed by atoms with Crippen molar-refractivity contribution < 1.29 is 13.8 Å². The fraction of sp³-hybridized carbons (Fsp3) is 0. The zero-order valence-corrected chi connectivity index (χ0v) is 10.8. The van der Waals surface area contributed by atoms with Crippen LogP contribution in [0, 0.1) is 10.1 Å². The third-order valence-corrected chi connectivity index (χ3v) is 3.46. The van der Waals surface area contributed by atoms with Gasteiger partial charge in [-0.3, -0.25) is 10.1 Å². The minimum Gasteiger partial charge on any atom is -0.463 e. The van der Waals surface area contributed by atoms with Gasteiger partial charge >= 0.3 is 5.88 Å². The van der Waals surface area contributed by atoms with E-state index in [-0.39, 0.29) is 11.6 Å². The Morgan fingerprint density at radius 1 is 1.32 bits per heavy atom. The zero-order chi connectivity index (χ0) is 13.4. The molecule has 0 N–H and O–H groups in total.